The third-order valence-electron chi connectivity index (χ3n) is 3.48. The second-order valence-electron chi connectivity index (χ2n) is 5.08. The van der Waals surface area contributed by atoms with Gasteiger partial charge in [-0.1, -0.05) is 23.2 Å². The molecule has 0 unspecified atom stereocenters. The molecule has 2 N–H and O–H groups in total. The zero-order chi connectivity index (χ0) is 16.6. The molecule has 1 aliphatic heterocycles. The predicted molar refractivity (Wildman–Crippen MR) is 84.3 cm³/mol. The fourth-order valence-corrected chi connectivity index (χ4v) is 2.91. The van der Waals surface area contributed by atoms with Crippen LogP contribution in [-0.4, -0.2) is 33.2 Å². The molecule has 0 fully saturated rings. The molecule has 117 valence electrons. The van der Waals surface area contributed by atoms with Crippen LogP contribution in [0.4, 0.5) is 0 Å². The number of rotatable bonds is 2. The molecule has 1 radical (unpaired) electrons. The summed E-state index contributed by atoms with van der Waals surface area (Å²) in [4.78, 5) is 33.3. The van der Waals surface area contributed by atoms with E-state index >= 15 is 0 Å². The molecular weight excluding hydrogens is 339 g/mol. The Morgan fingerprint density at radius 1 is 1.22 bits per heavy atom. The first kappa shape index (κ1) is 15.7. The standard InChI is InChI=1S/C15H11Cl2N4O2/c16-10-3-9(4-11(17)5-10)15(23)21-2-1-8-6-19-14(13(18)22)20-12(8)7-21/h3-5H,1-2,7H2,(H2,18,22). The second-order valence-corrected chi connectivity index (χ2v) is 5.96. The lowest BCUT2D eigenvalue weighted by molar-refractivity contribution is 0.0731. The van der Waals surface area contributed by atoms with Gasteiger partial charge in [0, 0.05) is 27.7 Å². The van der Waals surface area contributed by atoms with E-state index in [1.165, 1.54) is 0 Å². The van der Waals surface area contributed by atoms with Crippen molar-refractivity contribution < 1.29 is 9.59 Å². The smallest absolute Gasteiger partial charge is 0.286 e. The van der Waals surface area contributed by atoms with E-state index in [2.05, 4.69) is 16.2 Å². The fourth-order valence-electron chi connectivity index (χ4n) is 2.39. The Morgan fingerprint density at radius 3 is 2.57 bits per heavy atom. The Morgan fingerprint density at radius 2 is 1.91 bits per heavy atom. The highest BCUT2D eigenvalue weighted by Crippen LogP contribution is 2.23. The molecule has 0 saturated carbocycles. The quantitative estimate of drug-likeness (QED) is 0.896. The van der Waals surface area contributed by atoms with Gasteiger partial charge >= 0.3 is 0 Å². The first-order valence-corrected chi connectivity index (χ1v) is 7.52. The Hall–Kier alpha value is -2.18. The van der Waals surface area contributed by atoms with Gasteiger partial charge < -0.3 is 10.6 Å². The van der Waals surface area contributed by atoms with Gasteiger partial charge in [-0.15, -0.1) is 0 Å². The van der Waals surface area contributed by atoms with Crippen LogP contribution >= 0.6 is 23.2 Å². The summed E-state index contributed by atoms with van der Waals surface area (Å²) >= 11 is 11.9. The van der Waals surface area contributed by atoms with Gasteiger partial charge in [-0.05, 0) is 24.6 Å². The van der Waals surface area contributed by atoms with Crippen molar-refractivity contribution >= 4 is 35.0 Å². The zero-order valence-electron chi connectivity index (χ0n) is 11.8. The minimum atomic E-state index is -0.728. The van der Waals surface area contributed by atoms with Gasteiger partial charge in [0.05, 0.1) is 18.4 Å². The highest BCUT2D eigenvalue weighted by atomic mass is 35.5. The summed E-state index contributed by atoms with van der Waals surface area (Å²) in [6.07, 6.45) is 3.31. The van der Waals surface area contributed by atoms with Gasteiger partial charge in [0.25, 0.3) is 11.8 Å². The van der Waals surface area contributed by atoms with Gasteiger partial charge in [0.1, 0.15) is 0 Å². The van der Waals surface area contributed by atoms with E-state index in [0.717, 1.165) is 5.56 Å². The average molecular weight is 350 g/mol. The maximum absolute atomic E-state index is 12.6. The summed E-state index contributed by atoms with van der Waals surface area (Å²) in [7, 11) is 0. The topological polar surface area (TPSA) is 89.2 Å². The number of benzene rings is 1. The molecule has 2 aromatic rings. The third-order valence-corrected chi connectivity index (χ3v) is 3.91. The fraction of sp³-hybridized carbons (Fsp3) is 0.200. The van der Waals surface area contributed by atoms with E-state index in [-0.39, 0.29) is 18.3 Å². The number of amides is 2. The van der Waals surface area contributed by atoms with Crippen molar-refractivity contribution in [2.45, 2.75) is 13.0 Å². The Labute approximate surface area is 142 Å². The molecule has 0 atom stereocenters. The van der Waals surface area contributed by atoms with E-state index in [4.69, 9.17) is 28.9 Å². The molecule has 1 aromatic carbocycles. The number of fused-ring (bicyclic) bond motifs is 1. The van der Waals surface area contributed by atoms with E-state index in [9.17, 15) is 9.59 Å². The summed E-state index contributed by atoms with van der Waals surface area (Å²) in [5, 5.41) is 0.787. The number of nitrogens with two attached hydrogens (primary N) is 1. The van der Waals surface area contributed by atoms with Gasteiger partial charge in [0.15, 0.2) is 0 Å². The van der Waals surface area contributed by atoms with E-state index in [0.29, 0.717) is 34.3 Å². The van der Waals surface area contributed by atoms with Gasteiger partial charge in [0.2, 0.25) is 5.82 Å². The van der Waals surface area contributed by atoms with E-state index < -0.39 is 5.91 Å². The molecule has 8 heteroatoms. The van der Waals surface area contributed by atoms with Crippen LogP contribution < -0.4 is 5.73 Å². The number of carbonyl (C=O) groups excluding carboxylic acids is 2. The number of hydrogen-bond acceptors (Lipinski definition) is 4. The van der Waals surface area contributed by atoms with Crippen molar-refractivity contribution in [3.05, 3.63) is 57.1 Å². The average Bonchev–Trinajstić information content (AvgIpc) is 2.52. The summed E-state index contributed by atoms with van der Waals surface area (Å²) in [6, 6.07) is 4.69. The van der Waals surface area contributed by atoms with Crippen LogP contribution in [0.15, 0.2) is 18.2 Å². The molecule has 0 spiro atoms. The number of hydrogen-bond donors (Lipinski definition) is 1. The summed E-state index contributed by atoms with van der Waals surface area (Å²) < 4.78 is 0. The van der Waals surface area contributed by atoms with Crippen molar-refractivity contribution in [3.63, 3.8) is 0 Å². The molecule has 2 amide bonds. The third kappa shape index (κ3) is 3.28. The molecule has 0 aliphatic carbocycles. The Kier molecular flexibility index (Phi) is 4.19. The summed E-state index contributed by atoms with van der Waals surface area (Å²) in [5.74, 6) is -1.04. The number of aromatic nitrogens is 2. The van der Waals surface area contributed by atoms with Crippen molar-refractivity contribution in [2.24, 2.45) is 5.73 Å². The lowest BCUT2D eigenvalue weighted by atomic mass is 10.1. The van der Waals surface area contributed by atoms with Crippen LogP contribution in [0.5, 0.6) is 0 Å². The Balaban J connectivity index is 1.87. The normalized spacial score (nSPS) is 13.6. The monoisotopic (exact) mass is 349 g/mol. The predicted octanol–water partition coefficient (Wildman–Crippen LogP) is 1.88. The minimum Gasteiger partial charge on any atom is -0.363 e. The van der Waals surface area contributed by atoms with Gasteiger partial charge in [-0.3, -0.25) is 9.59 Å². The van der Waals surface area contributed by atoms with Crippen LogP contribution in [0, 0.1) is 6.20 Å². The molecule has 2 heterocycles. The second kappa shape index (κ2) is 6.14. The van der Waals surface area contributed by atoms with Crippen LogP contribution in [0.3, 0.4) is 0 Å². The van der Waals surface area contributed by atoms with Crippen LogP contribution in [0.25, 0.3) is 0 Å². The molecule has 1 aliphatic rings. The lowest BCUT2D eigenvalue weighted by Crippen LogP contribution is -2.37. The van der Waals surface area contributed by atoms with Crippen LogP contribution in [0.2, 0.25) is 10.0 Å². The summed E-state index contributed by atoms with van der Waals surface area (Å²) in [6.45, 7) is 0.739. The number of carbonyl (C=O) groups is 2. The molecule has 6 nitrogen and oxygen atoms in total. The number of nitrogens with zero attached hydrogens (tertiary/aromatic N) is 3. The van der Waals surface area contributed by atoms with E-state index in [1.54, 1.807) is 23.1 Å². The SMILES string of the molecule is NC(=O)c1n[c]c2c(n1)CN(C(=O)c1cc(Cl)cc(Cl)c1)CC2. The van der Waals surface area contributed by atoms with Gasteiger partial charge in [-0.2, -0.15) is 0 Å². The first-order valence-electron chi connectivity index (χ1n) is 6.76. The van der Waals surface area contributed by atoms with Crippen molar-refractivity contribution in [2.75, 3.05) is 6.54 Å². The molecule has 3 rings (SSSR count). The lowest BCUT2D eigenvalue weighted by Gasteiger charge is -2.28. The van der Waals surface area contributed by atoms with Crippen LogP contribution in [-0.2, 0) is 13.0 Å². The number of primary amides is 1. The first-order chi connectivity index (χ1) is 10.9. The molecule has 1 aromatic heterocycles. The van der Waals surface area contributed by atoms with Gasteiger partial charge in [-0.25, -0.2) is 9.97 Å². The molecule has 0 saturated heterocycles. The van der Waals surface area contributed by atoms with Crippen molar-refractivity contribution in [3.8, 4) is 0 Å². The van der Waals surface area contributed by atoms with Crippen molar-refractivity contribution in [1.82, 2.24) is 14.9 Å². The zero-order valence-corrected chi connectivity index (χ0v) is 13.4. The van der Waals surface area contributed by atoms with Crippen molar-refractivity contribution in [1.29, 1.82) is 0 Å². The molecule has 23 heavy (non-hydrogen) atoms. The molecular formula is C15H11Cl2N4O2. The maximum Gasteiger partial charge on any atom is 0.286 e. The Bertz CT molecular complexity index is 790. The number of halogens is 2. The summed E-state index contributed by atoms with van der Waals surface area (Å²) in [5.41, 5.74) is 6.93. The maximum atomic E-state index is 12.6. The minimum absolute atomic E-state index is 0.108. The highest BCUT2D eigenvalue weighted by molar-refractivity contribution is 6.35. The van der Waals surface area contributed by atoms with Crippen LogP contribution in [0.1, 0.15) is 32.2 Å². The van der Waals surface area contributed by atoms with E-state index in [1.807, 2.05) is 0 Å². The largest absolute Gasteiger partial charge is 0.363 e. The highest BCUT2D eigenvalue weighted by Gasteiger charge is 2.24. The molecule has 0 bridgehead atoms.